The number of anilines is 2. The molecular weight excluding hydrogens is 450 g/mol. The molecule has 0 aliphatic heterocycles. The number of carbonyl (C=O) groups is 1. The van der Waals surface area contributed by atoms with E-state index in [0.717, 1.165) is 17.4 Å². The van der Waals surface area contributed by atoms with Crippen LogP contribution in [-0.4, -0.2) is 35.5 Å². The standard InChI is InChI=1S/C25H23N5O3S/c1-15-6-8-17(22-19(24(26)31)9-7-16(2)23(22)34(3,32)33)13-21(15)30-25-28-12-10-20(29-25)18-5-4-11-27-14-18/h4-14H,1-3H3,(H2,26,31)(H,28,29,30). The van der Waals surface area contributed by atoms with Gasteiger partial charge in [-0.3, -0.25) is 9.78 Å². The van der Waals surface area contributed by atoms with Crippen LogP contribution in [0.2, 0.25) is 0 Å². The zero-order chi connectivity index (χ0) is 24.5. The molecule has 0 saturated heterocycles. The minimum Gasteiger partial charge on any atom is -0.366 e. The number of hydrogen-bond acceptors (Lipinski definition) is 7. The summed E-state index contributed by atoms with van der Waals surface area (Å²) in [6.45, 7) is 3.59. The van der Waals surface area contributed by atoms with Gasteiger partial charge in [0.15, 0.2) is 9.84 Å². The number of aromatic nitrogens is 3. The Hall–Kier alpha value is -4.11. The van der Waals surface area contributed by atoms with Crippen molar-refractivity contribution in [2.24, 2.45) is 5.73 Å². The molecule has 9 heteroatoms. The number of primary amides is 1. The van der Waals surface area contributed by atoms with Gasteiger partial charge in [-0.2, -0.15) is 0 Å². The van der Waals surface area contributed by atoms with E-state index in [1.807, 2.05) is 25.1 Å². The van der Waals surface area contributed by atoms with Gasteiger partial charge in [0.2, 0.25) is 11.9 Å². The molecule has 34 heavy (non-hydrogen) atoms. The Morgan fingerprint density at radius 2 is 1.74 bits per heavy atom. The fourth-order valence-electron chi connectivity index (χ4n) is 3.78. The summed E-state index contributed by atoms with van der Waals surface area (Å²) in [5.74, 6) is -0.341. The lowest BCUT2D eigenvalue weighted by molar-refractivity contribution is 0.100. The maximum absolute atomic E-state index is 12.6. The average molecular weight is 474 g/mol. The Morgan fingerprint density at radius 1 is 0.971 bits per heavy atom. The SMILES string of the molecule is Cc1ccc(-c2c(C(N)=O)ccc(C)c2S(C)(=O)=O)cc1Nc1nccc(-c2cccnc2)n1. The van der Waals surface area contributed by atoms with E-state index in [0.29, 0.717) is 28.5 Å². The van der Waals surface area contributed by atoms with E-state index in [4.69, 9.17) is 5.73 Å². The average Bonchev–Trinajstić information content (AvgIpc) is 2.80. The van der Waals surface area contributed by atoms with Crippen LogP contribution in [0.4, 0.5) is 11.6 Å². The monoisotopic (exact) mass is 473 g/mol. The van der Waals surface area contributed by atoms with E-state index in [9.17, 15) is 13.2 Å². The predicted octanol–water partition coefficient (Wildman–Crippen LogP) is 4.07. The molecule has 0 radical (unpaired) electrons. The quantitative estimate of drug-likeness (QED) is 0.432. The first-order valence-electron chi connectivity index (χ1n) is 10.4. The summed E-state index contributed by atoms with van der Waals surface area (Å²) in [6, 6.07) is 14.0. The minimum absolute atomic E-state index is 0.0772. The number of amides is 1. The van der Waals surface area contributed by atoms with Crippen LogP contribution in [0.15, 0.2) is 72.0 Å². The molecule has 4 rings (SSSR count). The Balaban J connectivity index is 1.83. The van der Waals surface area contributed by atoms with Gasteiger partial charge in [-0.1, -0.05) is 18.2 Å². The molecule has 1 amide bonds. The van der Waals surface area contributed by atoms with Crippen LogP contribution in [0, 0.1) is 13.8 Å². The molecule has 2 heterocycles. The third-order valence-corrected chi connectivity index (χ3v) is 6.64. The third kappa shape index (κ3) is 4.65. The summed E-state index contributed by atoms with van der Waals surface area (Å²) in [7, 11) is -3.65. The molecular formula is C25H23N5O3S. The molecule has 0 bridgehead atoms. The second kappa shape index (κ2) is 9.03. The van der Waals surface area contributed by atoms with Crippen LogP contribution in [0.5, 0.6) is 0 Å². The van der Waals surface area contributed by atoms with Crippen molar-refractivity contribution in [1.29, 1.82) is 0 Å². The zero-order valence-corrected chi connectivity index (χ0v) is 19.7. The van der Waals surface area contributed by atoms with Crippen LogP contribution in [0.1, 0.15) is 21.5 Å². The highest BCUT2D eigenvalue weighted by Crippen LogP contribution is 2.36. The number of nitrogens with one attached hydrogen (secondary N) is 1. The lowest BCUT2D eigenvalue weighted by Gasteiger charge is -2.17. The number of hydrogen-bond donors (Lipinski definition) is 2. The first-order valence-corrected chi connectivity index (χ1v) is 12.3. The molecule has 0 atom stereocenters. The summed E-state index contributed by atoms with van der Waals surface area (Å²) in [5, 5.41) is 3.21. The van der Waals surface area contributed by atoms with Crippen LogP contribution in [0.25, 0.3) is 22.4 Å². The first kappa shape index (κ1) is 23.1. The first-order chi connectivity index (χ1) is 16.1. The summed E-state index contributed by atoms with van der Waals surface area (Å²) in [5.41, 5.74) is 10.2. The molecule has 0 saturated carbocycles. The van der Waals surface area contributed by atoms with E-state index < -0.39 is 15.7 Å². The minimum atomic E-state index is -3.65. The van der Waals surface area contributed by atoms with Crippen LogP contribution >= 0.6 is 0 Å². The second-order valence-corrected chi connectivity index (χ2v) is 9.89. The number of benzene rings is 2. The molecule has 0 spiro atoms. The van der Waals surface area contributed by atoms with E-state index in [-0.39, 0.29) is 16.0 Å². The molecule has 2 aromatic heterocycles. The Kier molecular flexibility index (Phi) is 6.12. The number of nitrogens with zero attached hydrogens (tertiary/aromatic N) is 3. The molecule has 172 valence electrons. The van der Waals surface area contributed by atoms with Crippen molar-refractivity contribution < 1.29 is 13.2 Å². The van der Waals surface area contributed by atoms with Gasteiger partial charge < -0.3 is 11.1 Å². The van der Waals surface area contributed by atoms with Crippen molar-refractivity contribution >= 4 is 27.4 Å². The molecule has 0 fully saturated rings. The van der Waals surface area contributed by atoms with Crippen molar-refractivity contribution in [2.45, 2.75) is 18.7 Å². The van der Waals surface area contributed by atoms with E-state index in [1.54, 1.807) is 55.8 Å². The molecule has 0 aliphatic rings. The van der Waals surface area contributed by atoms with Gasteiger partial charge in [0.1, 0.15) is 0 Å². The van der Waals surface area contributed by atoms with Crippen LogP contribution in [0.3, 0.4) is 0 Å². The summed E-state index contributed by atoms with van der Waals surface area (Å²) < 4.78 is 25.3. The van der Waals surface area contributed by atoms with Gasteiger partial charge in [-0.15, -0.1) is 0 Å². The highest BCUT2D eigenvalue weighted by Gasteiger charge is 2.23. The fourth-order valence-corrected chi connectivity index (χ4v) is 5.03. The highest BCUT2D eigenvalue weighted by atomic mass is 32.2. The number of aryl methyl sites for hydroxylation is 2. The zero-order valence-electron chi connectivity index (χ0n) is 18.9. The Labute approximate surface area is 197 Å². The largest absolute Gasteiger partial charge is 0.366 e. The smallest absolute Gasteiger partial charge is 0.249 e. The van der Waals surface area contributed by atoms with E-state index in [2.05, 4.69) is 20.3 Å². The van der Waals surface area contributed by atoms with E-state index >= 15 is 0 Å². The van der Waals surface area contributed by atoms with Gasteiger partial charge in [0.25, 0.3) is 0 Å². The van der Waals surface area contributed by atoms with Crippen molar-refractivity contribution in [1.82, 2.24) is 15.0 Å². The molecule has 3 N–H and O–H groups in total. The molecule has 0 aliphatic carbocycles. The summed E-state index contributed by atoms with van der Waals surface area (Å²) in [4.78, 5) is 25.3. The van der Waals surface area contributed by atoms with Gasteiger partial charge in [-0.25, -0.2) is 18.4 Å². The highest BCUT2D eigenvalue weighted by molar-refractivity contribution is 7.91. The molecule has 4 aromatic rings. The summed E-state index contributed by atoms with van der Waals surface area (Å²) in [6.07, 6.45) is 6.17. The Bertz CT molecular complexity index is 1500. The third-order valence-electron chi connectivity index (χ3n) is 5.38. The van der Waals surface area contributed by atoms with Crippen molar-refractivity contribution in [3.05, 3.63) is 83.8 Å². The molecule has 8 nitrogen and oxygen atoms in total. The van der Waals surface area contributed by atoms with Gasteiger partial charge in [0, 0.05) is 47.2 Å². The number of pyridine rings is 1. The number of rotatable bonds is 6. The van der Waals surface area contributed by atoms with Crippen molar-refractivity contribution in [2.75, 3.05) is 11.6 Å². The maximum Gasteiger partial charge on any atom is 0.249 e. The van der Waals surface area contributed by atoms with Crippen molar-refractivity contribution in [3.8, 4) is 22.4 Å². The van der Waals surface area contributed by atoms with E-state index in [1.165, 1.54) is 0 Å². The Morgan fingerprint density at radius 3 is 2.41 bits per heavy atom. The van der Waals surface area contributed by atoms with Gasteiger partial charge in [-0.05, 0) is 60.9 Å². The predicted molar refractivity (Wildman–Crippen MR) is 132 cm³/mol. The van der Waals surface area contributed by atoms with Crippen LogP contribution < -0.4 is 11.1 Å². The summed E-state index contributed by atoms with van der Waals surface area (Å²) >= 11 is 0. The van der Waals surface area contributed by atoms with Crippen LogP contribution in [-0.2, 0) is 9.84 Å². The van der Waals surface area contributed by atoms with Gasteiger partial charge >= 0.3 is 0 Å². The normalized spacial score (nSPS) is 11.3. The number of carbonyl (C=O) groups excluding carboxylic acids is 1. The fraction of sp³-hybridized carbons (Fsp3) is 0.120. The molecule has 2 aromatic carbocycles. The maximum atomic E-state index is 12.6. The lowest BCUT2D eigenvalue weighted by Crippen LogP contribution is -2.15. The second-order valence-electron chi connectivity index (χ2n) is 7.93. The van der Waals surface area contributed by atoms with Crippen molar-refractivity contribution in [3.63, 3.8) is 0 Å². The number of nitrogens with two attached hydrogens (primary N) is 1. The molecule has 0 unspecified atom stereocenters. The topological polar surface area (TPSA) is 128 Å². The lowest BCUT2D eigenvalue weighted by atomic mass is 9.95. The number of sulfone groups is 1. The van der Waals surface area contributed by atoms with Gasteiger partial charge in [0.05, 0.1) is 10.6 Å².